The van der Waals surface area contributed by atoms with Gasteiger partial charge in [-0.1, -0.05) is 29.8 Å². The zero-order chi connectivity index (χ0) is 13.1. The van der Waals surface area contributed by atoms with Gasteiger partial charge in [-0.25, -0.2) is 0 Å². The summed E-state index contributed by atoms with van der Waals surface area (Å²) in [6.45, 7) is 4.08. The lowest BCUT2D eigenvalue weighted by Gasteiger charge is -2.16. The van der Waals surface area contributed by atoms with Crippen molar-refractivity contribution in [1.82, 2.24) is 15.2 Å². The van der Waals surface area contributed by atoms with E-state index in [0.29, 0.717) is 0 Å². The van der Waals surface area contributed by atoms with E-state index in [4.69, 9.17) is 5.84 Å². The number of nitrogens with two attached hydrogens (primary N) is 1. The molecule has 0 saturated heterocycles. The van der Waals surface area contributed by atoms with Gasteiger partial charge in [0.15, 0.2) is 0 Å². The Morgan fingerprint density at radius 1 is 1.28 bits per heavy atom. The summed E-state index contributed by atoms with van der Waals surface area (Å²) in [7, 11) is 1.95. The van der Waals surface area contributed by atoms with Crippen LogP contribution in [-0.4, -0.2) is 9.78 Å². The smallest absolute Gasteiger partial charge is 0.0669 e. The fourth-order valence-corrected chi connectivity index (χ4v) is 2.17. The Labute approximate surface area is 108 Å². The van der Waals surface area contributed by atoms with Gasteiger partial charge in [-0.05, 0) is 31.9 Å². The van der Waals surface area contributed by atoms with Crippen molar-refractivity contribution in [2.24, 2.45) is 12.9 Å². The number of hydrogen-bond donors (Lipinski definition) is 2. The fraction of sp³-hybridized carbons (Fsp3) is 0.357. The molecule has 0 spiro atoms. The second-order valence-electron chi connectivity index (χ2n) is 4.74. The SMILES string of the molecule is Cc1ccc(CC(NN)c2cc(C)nn2C)cc1. The molecule has 1 unspecified atom stereocenters. The van der Waals surface area contributed by atoms with Crippen LogP contribution >= 0.6 is 0 Å². The van der Waals surface area contributed by atoms with E-state index in [1.165, 1.54) is 11.1 Å². The molecule has 0 amide bonds. The maximum absolute atomic E-state index is 5.67. The van der Waals surface area contributed by atoms with Gasteiger partial charge in [0.1, 0.15) is 0 Å². The molecule has 3 N–H and O–H groups in total. The Bertz CT molecular complexity index is 513. The van der Waals surface area contributed by atoms with Gasteiger partial charge in [0.2, 0.25) is 0 Å². The van der Waals surface area contributed by atoms with E-state index in [9.17, 15) is 0 Å². The van der Waals surface area contributed by atoms with Crippen LogP contribution in [0, 0.1) is 13.8 Å². The van der Waals surface area contributed by atoms with Crippen LogP contribution in [-0.2, 0) is 13.5 Å². The molecule has 0 aliphatic heterocycles. The summed E-state index contributed by atoms with van der Waals surface area (Å²) >= 11 is 0. The lowest BCUT2D eigenvalue weighted by atomic mass is 10.0. The predicted molar refractivity (Wildman–Crippen MR) is 72.9 cm³/mol. The van der Waals surface area contributed by atoms with Crippen molar-refractivity contribution < 1.29 is 0 Å². The summed E-state index contributed by atoms with van der Waals surface area (Å²) in [6.07, 6.45) is 0.857. The highest BCUT2D eigenvalue weighted by molar-refractivity contribution is 5.24. The first-order chi connectivity index (χ1) is 8.60. The van der Waals surface area contributed by atoms with Crippen LogP contribution < -0.4 is 11.3 Å². The lowest BCUT2D eigenvalue weighted by molar-refractivity contribution is 0.508. The molecule has 1 heterocycles. The molecule has 0 aliphatic carbocycles. The largest absolute Gasteiger partial charge is 0.271 e. The molecule has 2 rings (SSSR count). The minimum atomic E-state index is 0.0823. The third-order valence-corrected chi connectivity index (χ3v) is 3.16. The van der Waals surface area contributed by atoms with Crippen LogP contribution in [0.2, 0.25) is 0 Å². The van der Waals surface area contributed by atoms with Crippen molar-refractivity contribution in [3.8, 4) is 0 Å². The Kier molecular flexibility index (Phi) is 3.79. The summed E-state index contributed by atoms with van der Waals surface area (Å²) in [4.78, 5) is 0. The monoisotopic (exact) mass is 244 g/mol. The Morgan fingerprint density at radius 2 is 1.94 bits per heavy atom. The summed E-state index contributed by atoms with van der Waals surface area (Å²) in [5, 5.41) is 4.36. The molecule has 1 aromatic carbocycles. The van der Waals surface area contributed by atoms with Gasteiger partial charge in [-0.3, -0.25) is 16.0 Å². The number of hydrogen-bond acceptors (Lipinski definition) is 3. The highest BCUT2D eigenvalue weighted by Gasteiger charge is 2.15. The lowest BCUT2D eigenvalue weighted by Crippen LogP contribution is -2.31. The van der Waals surface area contributed by atoms with Crippen molar-refractivity contribution in [2.45, 2.75) is 26.3 Å². The summed E-state index contributed by atoms with van der Waals surface area (Å²) in [6, 6.07) is 10.7. The molecule has 0 radical (unpaired) electrons. The fourth-order valence-electron chi connectivity index (χ4n) is 2.17. The average molecular weight is 244 g/mol. The van der Waals surface area contributed by atoms with E-state index in [1.54, 1.807) is 0 Å². The van der Waals surface area contributed by atoms with Crippen molar-refractivity contribution >= 4 is 0 Å². The number of nitrogens with one attached hydrogen (secondary N) is 1. The minimum absolute atomic E-state index is 0.0823. The zero-order valence-electron chi connectivity index (χ0n) is 11.1. The topological polar surface area (TPSA) is 55.9 Å². The third-order valence-electron chi connectivity index (χ3n) is 3.16. The molecule has 0 saturated carbocycles. The zero-order valence-corrected chi connectivity index (χ0v) is 11.1. The summed E-state index contributed by atoms with van der Waals surface area (Å²) < 4.78 is 1.88. The molecule has 0 fully saturated rings. The Balaban J connectivity index is 2.19. The molecule has 0 aliphatic rings. The van der Waals surface area contributed by atoms with Gasteiger partial charge in [0.05, 0.1) is 17.4 Å². The predicted octanol–water partition coefficient (Wildman–Crippen LogP) is 1.78. The molecule has 2 aromatic rings. The first kappa shape index (κ1) is 12.8. The van der Waals surface area contributed by atoms with Gasteiger partial charge in [-0.2, -0.15) is 5.10 Å². The Morgan fingerprint density at radius 3 is 2.44 bits per heavy atom. The van der Waals surface area contributed by atoms with Gasteiger partial charge in [-0.15, -0.1) is 0 Å². The number of aromatic nitrogens is 2. The highest BCUT2D eigenvalue weighted by atomic mass is 15.3. The molecule has 1 aromatic heterocycles. The van der Waals surface area contributed by atoms with Crippen LogP contribution in [0.25, 0.3) is 0 Å². The quantitative estimate of drug-likeness (QED) is 0.637. The molecule has 0 bridgehead atoms. The van der Waals surface area contributed by atoms with Crippen molar-refractivity contribution in [3.63, 3.8) is 0 Å². The van der Waals surface area contributed by atoms with Crippen LogP contribution in [0.4, 0.5) is 0 Å². The van der Waals surface area contributed by atoms with Crippen LogP contribution in [0.1, 0.15) is 28.6 Å². The number of benzene rings is 1. The van der Waals surface area contributed by atoms with E-state index in [2.05, 4.69) is 47.8 Å². The number of nitrogens with zero attached hydrogens (tertiary/aromatic N) is 2. The minimum Gasteiger partial charge on any atom is -0.271 e. The molecule has 96 valence electrons. The van der Waals surface area contributed by atoms with Gasteiger partial charge in [0, 0.05) is 7.05 Å². The van der Waals surface area contributed by atoms with Crippen LogP contribution in [0.3, 0.4) is 0 Å². The maximum Gasteiger partial charge on any atom is 0.0669 e. The van der Waals surface area contributed by atoms with Gasteiger partial charge in [0.25, 0.3) is 0 Å². The first-order valence-corrected chi connectivity index (χ1v) is 6.12. The van der Waals surface area contributed by atoms with E-state index in [1.807, 2.05) is 18.7 Å². The van der Waals surface area contributed by atoms with Crippen molar-refractivity contribution in [1.29, 1.82) is 0 Å². The molecule has 4 nitrogen and oxygen atoms in total. The molecular weight excluding hydrogens is 224 g/mol. The van der Waals surface area contributed by atoms with E-state index >= 15 is 0 Å². The number of rotatable bonds is 4. The molecule has 18 heavy (non-hydrogen) atoms. The highest BCUT2D eigenvalue weighted by Crippen LogP contribution is 2.18. The first-order valence-electron chi connectivity index (χ1n) is 6.12. The molecular formula is C14H20N4. The van der Waals surface area contributed by atoms with E-state index in [-0.39, 0.29) is 6.04 Å². The second-order valence-corrected chi connectivity index (χ2v) is 4.74. The van der Waals surface area contributed by atoms with Crippen LogP contribution in [0.5, 0.6) is 0 Å². The molecule has 1 atom stereocenters. The second kappa shape index (κ2) is 5.33. The van der Waals surface area contributed by atoms with Crippen molar-refractivity contribution in [2.75, 3.05) is 0 Å². The average Bonchev–Trinajstić information content (AvgIpc) is 2.68. The maximum atomic E-state index is 5.67. The van der Waals surface area contributed by atoms with E-state index < -0.39 is 0 Å². The number of aryl methyl sites for hydroxylation is 3. The van der Waals surface area contributed by atoms with Gasteiger partial charge >= 0.3 is 0 Å². The summed E-state index contributed by atoms with van der Waals surface area (Å²) in [5.41, 5.74) is 7.53. The third kappa shape index (κ3) is 2.78. The van der Waals surface area contributed by atoms with Gasteiger partial charge < -0.3 is 0 Å². The standard InChI is InChI=1S/C14H20N4/c1-10-4-6-12(7-5-10)9-13(16-15)14-8-11(2)17-18(14)3/h4-8,13,16H,9,15H2,1-3H3. The summed E-state index contributed by atoms with van der Waals surface area (Å²) in [5.74, 6) is 5.67. The number of hydrazine groups is 1. The molecule has 4 heteroatoms. The van der Waals surface area contributed by atoms with Crippen molar-refractivity contribution in [3.05, 3.63) is 52.8 Å². The Hall–Kier alpha value is -1.65. The van der Waals surface area contributed by atoms with Crippen LogP contribution in [0.15, 0.2) is 30.3 Å². The normalized spacial score (nSPS) is 12.7. The van der Waals surface area contributed by atoms with E-state index in [0.717, 1.165) is 17.8 Å².